The van der Waals surface area contributed by atoms with E-state index in [2.05, 4.69) is 15.9 Å². The van der Waals surface area contributed by atoms with Gasteiger partial charge in [-0.3, -0.25) is 4.79 Å². The number of fused-ring (bicyclic) bond motifs is 1. The van der Waals surface area contributed by atoms with Gasteiger partial charge in [0, 0.05) is 4.47 Å². The van der Waals surface area contributed by atoms with Crippen molar-refractivity contribution in [2.24, 2.45) is 0 Å². The monoisotopic (exact) mass is 302 g/mol. The molecule has 17 heavy (non-hydrogen) atoms. The molecule has 1 aromatic rings. The predicted octanol–water partition coefficient (Wildman–Crippen LogP) is 3.12. The average Bonchev–Trinajstić information content (AvgIpc) is 2.33. The van der Waals surface area contributed by atoms with Crippen LogP contribution in [0.2, 0.25) is 0 Å². The maximum atomic E-state index is 13.7. The van der Waals surface area contributed by atoms with Crippen LogP contribution in [0, 0.1) is 0 Å². The van der Waals surface area contributed by atoms with Crippen LogP contribution in [0.15, 0.2) is 22.7 Å². The highest BCUT2D eigenvalue weighted by molar-refractivity contribution is 9.10. The Labute approximate surface area is 107 Å². The molecule has 1 heterocycles. The molecule has 1 aromatic carbocycles. The summed E-state index contributed by atoms with van der Waals surface area (Å²) in [7, 11) is 0. The number of halogens is 2. The molecule has 92 valence electrons. The molecule has 0 aliphatic carbocycles. The van der Waals surface area contributed by atoms with Gasteiger partial charge < -0.3 is 9.47 Å². The molecule has 1 unspecified atom stereocenters. The van der Waals surface area contributed by atoms with Gasteiger partial charge in [0.25, 0.3) is 0 Å². The number of benzene rings is 1. The molecule has 0 fully saturated rings. The average molecular weight is 303 g/mol. The molecule has 3 nitrogen and oxygen atoms in total. The van der Waals surface area contributed by atoms with Crippen LogP contribution in [-0.2, 0) is 4.74 Å². The molecule has 0 saturated carbocycles. The van der Waals surface area contributed by atoms with E-state index < -0.39 is 12.0 Å². The number of alkyl halides is 1. The van der Waals surface area contributed by atoms with Crippen molar-refractivity contribution in [1.29, 1.82) is 0 Å². The standard InChI is InChI=1S/C12H12BrFO3/c13-8-3-4-11-9(6-8)12(15)10(14)2-1-5-16-7-17-11/h3-4,6,10H,1-2,5,7H2. The van der Waals surface area contributed by atoms with Crippen LogP contribution in [0.1, 0.15) is 23.2 Å². The molecule has 2 rings (SSSR count). The Balaban J connectivity index is 2.35. The number of Topliss-reactive ketones (excluding diaryl/α,β-unsaturated/α-hetero) is 1. The Hall–Kier alpha value is -0.940. The predicted molar refractivity (Wildman–Crippen MR) is 64.0 cm³/mol. The minimum atomic E-state index is -1.49. The zero-order valence-corrected chi connectivity index (χ0v) is 10.7. The Kier molecular flexibility index (Phi) is 4.12. The summed E-state index contributed by atoms with van der Waals surface area (Å²) < 4.78 is 24.9. The first-order valence-electron chi connectivity index (χ1n) is 5.37. The van der Waals surface area contributed by atoms with Crippen molar-refractivity contribution in [3.05, 3.63) is 28.2 Å². The quantitative estimate of drug-likeness (QED) is 0.739. The van der Waals surface area contributed by atoms with Crippen molar-refractivity contribution in [1.82, 2.24) is 0 Å². The van der Waals surface area contributed by atoms with Crippen molar-refractivity contribution >= 4 is 21.7 Å². The molecule has 0 saturated heterocycles. The second-order valence-corrected chi connectivity index (χ2v) is 4.70. The minimum Gasteiger partial charge on any atom is -0.467 e. The molecule has 0 bridgehead atoms. The highest BCUT2D eigenvalue weighted by Gasteiger charge is 2.23. The fourth-order valence-corrected chi connectivity index (χ4v) is 2.01. The van der Waals surface area contributed by atoms with Gasteiger partial charge in [0.2, 0.25) is 5.78 Å². The molecule has 1 atom stereocenters. The molecule has 5 heteroatoms. The lowest BCUT2D eigenvalue weighted by atomic mass is 10.0. The summed E-state index contributed by atoms with van der Waals surface area (Å²) in [6, 6.07) is 4.95. The lowest BCUT2D eigenvalue weighted by Gasteiger charge is -2.15. The fourth-order valence-electron chi connectivity index (χ4n) is 1.65. The number of hydrogen-bond donors (Lipinski definition) is 0. The molecule has 0 spiro atoms. The van der Waals surface area contributed by atoms with Gasteiger partial charge in [0.1, 0.15) is 5.75 Å². The summed E-state index contributed by atoms with van der Waals surface area (Å²) in [6.07, 6.45) is -0.793. The Morgan fingerprint density at radius 3 is 3.06 bits per heavy atom. The van der Waals surface area contributed by atoms with Gasteiger partial charge in [0.15, 0.2) is 13.0 Å². The van der Waals surface area contributed by atoms with Crippen LogP contribution in [0.4, 0.5) is 4.39 Å². The van der Waals surface area contributed by atoms with Crippen molar-refractivity contribution in [2.75, 3.05) is 13.4 Å². The first-order valence-corrected chi connectivity index (χ1v) is 6.16. The smallest absolute Gasteiger partial charge is 0.200 e. The van der Waals surface area contributed by atoms with E-state index in [0.717, 1.165) is 4.47 Å². The van der Waals surface area contributed by atoms with E-state index in [4.69, 9.17) is 9.47 Å². The number of carbonyl (C=O) groups excluding carboxylic acids is 1. The third-order valence-electron chi connectivity index (χ3n) is 2.54. The normalized spacial score (nSPS) is 21.5. The van der Waals surface area contributed by atoms with E-state index >= 15 is 0 Å². The summed E-state index contributed by atoms with van der Waals surface area (Å²) in [5.41, 5.74) is 0.261. The summed E-state index contributed by atoms with van der Waals surface area (Å²) in [5, 5.41) is 0. The van der Waals surface area contributed by atoms with E-state index in [0.29, 0.717) is 18.8 Å². The minimum absolute atomic E-state index is 0.0822. The molecular weight excluding hydrogens is 291 g/mol. The molecule has 1 aliphatic heterocycles. The SMILES string of the molecule is O=C1c2cc(Br)ccc2OCOCCCC1F. The van der Waals surface area contributed by atoms with Gasteiger partial charge in [-0.1, -0.05) is 15.9 Å². The van der Waals surface area contributed by atoms with Crippen molar-refractivity contribution < 1.29 is 18.7 Å². The van der Waals surface area contributed by atoms with Gasteiger partial charge in [-0.15, -0.1) is 0 Å². The van der Waals surface area contributed by atoms with Crippen LogP contribution in [0.25, 0.3) is 0 Å². The van der Waals surface area contributed by atoms with Gasteiger partial charge in [-0.2, -0.15) is 0 Å². The maximum Gasteiger partial charge on any atom is 0.200 e. The first kappa shape index (κ1) is 12.5. The molecule has 0 N–H and O–H groups in total. The van der Waals surface area contributed by atoms with Crippen LogP contribution in [0.3, 0.4) is 0 Å². The largest absolute Gasteiger partial charge is 0.467 e. The number of ketones is 1. The van der Waals surface area contributed by atoms with Gasteiger partial charge >= 0.3 is 0 Å². The van der Waals surface area contributed by atoms with E-state index in [-0.39, 0.29) is 18.8 Å². The molecule has 0 amide bonds. The second kappa shape index (κ2) is 5.60. The number of ether oxygens (including phenoxy) is 2. The molecule has 0 radical (unpaired) electrons. The van der Waals surface area contributed by atoms with E-state index in [1.54, 1.807) is 18.2 Å². The van der Waals surface area contributed by atoms with Crippen LogP contribution in [-0.4, -0.2) is 25.4 Å². The summed E-state index contributed by atoms with van der Waals surface area (Å²) in [5.74, 6) is -0.161. The van der Waals surface area contributed by atoms with Crippen molar-refractivity contribution in [2.45, 2.75) is 19.0 Å². The second-order valence-electron chi connectivity index (χ2n) is 3.78. The fraction of sp³-hybridized carbons (Fsp3) is 0.417. The van der Waals surface area contributed by atoms with Gasteiger partial charge in [-0.05, 0) is 31.0 Å². The molecular formula is C12H12BrFO3. The lowest BCUT2D eigenvalue weighted by molar-refractivity contribution is 0.00959. The lowest BCUT2D eigenvalue weighted by Crippen LogP contribution is -2.20. The number of hydrogen-bond acceptors (Lipinski definition) is 3. The van der Waals surface area contributed by atoms with Crippen LogP contribution < -0.4 is 4.74 Å². The van der Waals surface area contributed by atoms with Gasteiger partial charge in [0.05, 0.1) is 12.2 Å². The van der Waals surface area contributed by atoms with E-state index in [9.17, 15) is 9.18 Å². The van der Waals surface area contributed by atoms with E-state index in [1.165, 1.54) is 0 Å². The van der Waals surface area contributed by atoms with Crippen molar-refractivity contribution in [3.63, 3.8) is 0 Å². The van der Waals surface area contributed by atoms with E-state index in [1.807, 2.05) is 0 Å². The summed E-state index contributed by atoms with van der Waals surface area (Å²) >= 11 is 3.26. The van der Waals surface area contributed by atoms with Crippen LogP contribution in [0.5, 0.6) is 5.75 Å². The summed E-state index contributed by atoms with van der Waals surface area (Å²) in [4.78, 5) is 11.9. The Morgan fingerprint density at radius 2 is 2.24 bits per heavy atom. The van der Waals surface area contributed by atoms with Crippen LogP contribution >= 0.6 is 15.9 Å². The topological polar surface area (TPSA) is 35.5 Å². The van der Waals surface area contributed by atoms with Crippen molar-refractivity contribution in [3.8, 4) is 5.75 Å². The zero-order chi connectivity index (χ0) is 12.3. The number of carbonyl (C=O) groups is 1. The highest BCUT2D eigenvalue weighted by Crippen LogP contribution is 2.26. The third-order valence-corrected chi connectivity index (χ3v) is 3.03. The van der Waals surface area contributed by atoms with Gasteiger partial charge in [-0.25, -0.2) is 4.39 Å². The first-order chi connectivity index (χ1) is 8.18. The Morgan fingerprint density at radius 1 is 1.41 bits per heavy atom. The molecule has 0 aromatic heterocycles. The maximum absolute atomic E-state index is 13.7. The third kappa shape index (κ3) is 3.04. The zero-order valence-electron chi connectivity index (χ0n) is 9.12. The number of rotatable bonds is 0. The summed E-state index contributed by atoms with van der Waals surface area (Å²) in [6.45, 7) is 0.485. The Bertz CT molecular complexity index is 422. The highest BCUT2D eigenvalue weighted by atomic mass is 79.9. The molecule has 1 aliphatic rings.